The van der Waals surface area contributed by atoms with Gasteiger partial charge in [-0.25, -0.2) is 9.36 Å². The smallest absolute Gasteiger partial charge is 0.331 e. The summed E-state index contributed by atoms with van der Waals surface area (Å²) >= 11 is 0. The average molecular weight is 316 g/mol. The van der Waals surface area contributed by atoms with Crippen molar-refractivity contribution >= 4 is 5.91 Å². The van der Waals surface area contributed by atoms with Crippen LogP contribution in [-0.4, -0.2) is 21.1 Å². The number of amides is 1. The normalized spacial score (nSPS) is 18.4. The molecule has 7 nitrogen and oxygen atoms in total. The molecule has 2 aliphatic rings. The van der Waals surface area contributed by atoms with Crippen LogP contribution in [0.4, 0.5) is 0 Å². The number of carbonyl (C=O) groups excluding carboxylic acids is 1. The summed E-state index contributed by atoms with van der Waals surface area (Å²) in [6.45, 7) is -0.323. The Bertz CT molecular complexity index is 761. The van der Waals surface area contributed by atoms with E-state index in [1.54, 1.807) is 0 Å². The zero-order valence-electron chi connectivity index (χ0n) is 13.0. The number of rotatable bonds is 4. The summed E-state index contributed by atoms with van der Waals surface area (Å²) in [7, 11) is 0. The van der Waals surface area contributed by atoms with E-state index in [9.17, 15) is 14.4 Å². The van der Waals surface area contributed by atoms with Gasteiger partial charge < -0.3 is 5.32 Å². The maximum atomic E-state index is 12.4. The molecule has 1 aromatic heterocycles. The number of nitrogens with zero attached hydrogens (tertiary/aromatic N) is 3. The number of nitrogens with one attached hydrogen (secondary N) is 1. The number of carbonyl (C=O) groups is 1. The van der Waals surface area contributed by atoms with Gasteiger partial charge in [0, 0.05) is 18.3 Å². The molecule has 0 aromatic carbocycles. The lowest BCUT2D eigenvalue weighted by molar-refractivity contribution is -0.122. The second kappa shape index (κ2) is 6.41. The van der Waals surface area contributed by atoms with Gasteiger partial charge in [0.2, 0.25) is 5.91 Å². The van der Waals surface area contributed by atoms with Crippen LogP contribution in [0.25, 0.3) is 0 Å². The molecule has 0 bridgehead atoms. The molecular formula is C16H20N4O3. The minimum absolute atomic E-state index is 0.0443. The zero-order chi connectivity index (χ0) is 16.4. The average Bonchev–Trinajstić information content (AvgIpc) is 3.37. The molecule has 1 aromatic rings. The van der Waals surface area contributed by atoms with Crippen LogP contribution >= 0.6 is 0 Å². The van der Waals surface area contributed by atoms with Crippen molar-refractivity contribution < 1.29 is 4.79 Å². The van der Waals surface area contributed by atoms with Crippen LogP contribution in [0.1, 0.15) is 56.6 Å². The predicted molar refractivity (Wildman–Crippen MR) is 83.0 cm³/mol. The van der Waals surface area contributed by atoms with E-state index in [1.165, 1.54) is 17.2 Å². The number of hydrogen-bond donors (Lipinski definition) is 1. The number of aromatic nitrogens is 2. The van der Waals surface area contributed by atoms with E-state index in [-0.39, 0.29) is 30.1 Å². The molecule has 2 saturated carbocycles. The lowest BCUT2D eigenvalue weighted by Gasteiger charge is -2.22. The van der Waals surface area contributed by atoms with Crippen LogP contribution in [0.3, 0.4) is 0 Å². The van der Waals surface area contributed by atoms with Gasteiger partial charge in [0.05, 0.1) is 0 Å². The Hall–Kier alpha value is -2.36. The van der Waals surface area contributed by atoms with Crippen molar-refractivity contribution in [2.45, 2.75) is 63.6 Å². The molecule has 0 atom stereocenters. The molecule has 0 radical (unpaired) electrons. The second-order valence-electron chi connectivity index (χ2n) is 6.37. The fourth-order valence-electron chi connectivity index (χ4n) is 3.12. The highest BCUT2D eigenvalue weighted by Crippen LogP contribution is 2.33. The van der Waals surface area contributed by atoms with E-state index in [1.807, 2.05) is 6.07 Å². The van der Waals surface area contributed by atoms with Gasteiger partial charge in [-0.15, -0.1) is 0 Å². The lowest BCUT2D eigenvalue weighted by Crippen LogP contribution is -2.46. The van der Waals surface area contributed by atoms with Gasteiger partial charge in [-0.1, -0.05) is 19.3 Å². The van der Waals surface area contributed by atoms with Crippen molar-refractivity contribution in [3.05, 3.63) is 32.6 Å². The first-order chi connectivity index (χ1) is 11.1. The summed E-state index contributed by atoms with van der Waals surface area (Å²) in [6, 6.07) is 1.98. The molecule has 0 unspecified atom stereocenters. The van der Waals surface area contributed by atoms with Crippen molar-refractivity contribution in [1.29, 1.82) is 5.26 Å². The highest BCUT2D eigenvalue weighted by atomic mass is 16.2. The van der Waals surface area contributed by atoms with Crippen molar-refractivity contribution in [3.63, 3.8) is 0 Å². The molecular weight excluding hydrogens is 296 g/mol. The monoisotopic (exact) mass is 316 g/mol. The first kappa shape index (κ1) is 15.5. The third kappa shape index (κ3) is 3.36. The predicted octanol–water partition coefficient (Wildman–Crippen LogP) is 0.665. The van der Waals surface area contributed by atoms with Gasteiger partial charge in [-0.05, 0) is 25.7 Å². The van der Waals surface area contributed by atoms with Crippen LogP contribution < -0.4 is 16.6 Å². The number of hydrogen-bond acceptors (Lipinski definition) is 4. The fraction of sp³-hybridized carbons (Fsp3) is 0.625. The van der Waals surface area contributed by atoms with Crippen molar-refractivity contribution in [2.75, 3.05) is 0 Å². The Morgan fingerprint density at radius 2 is 1.91 bits per heavy atom. The Morgan fingerprint density at radius 1 is 1.22 bits per heavy atom. The Morgan fingerprint density at radius 3 is 2.52 bits per heavy atom. The molecule has 122 valence electrons. The molecule has 1 heterocycles. The van der Waals surface area contributed by atoms with Gasteiger partial charge in [0.15, 0.2) is 0 Å². The minimum atomic E-state index is -0.687. The van der Waals surface area contributed by atoms with Gasteiger partial charge >= 0.3 is 5.69 Å². The van der Waals surface area contributed by atoms with Gasteiger partial charge in [0.1, 0.15) is 18.2 Å². The van der Waals surface area contributed by atoms with Crippen LogP contribution in [0.2, 0.25) is 0 Å². The molecule has 23 heavy (non-hydrogen) atoms. The Balaban J connectivity index is 1.82. The summed E-state index contributed by atoms with van der Waals surface area (Å²) in [6.07, 6.45) is 8.26. The van der Waals surface area contributed by atoms with E-state index < -0.39 is 11.2 Å². The van der Waals surface area contributed by atoms with Gasteiger partial charge in [-0.2, -0.15) is 5.26 Å². The van der Waals surface area contributed by atoms with Crippen molar-refractivity contribution in [3.8, 4) is 6.07 Å². The highest BCUT2D eigenvalue weighted by molar-refractivity contribution is 5.76. The van der Waals surface area contributed by atoms with Crippen LogP contribution in [-0.2, 0) is 11.3 Å². The fourth-order valence-corrected chi connectivity index (χ4v) is 3.12. The SMILES string of the molecule is N#Cc1cn(C2CC2)c(=O)n(CC(=O)NC2CCCCC2)c1=O. The lowest BCUT2D eigenvalue weighted by atomic mass is 9.95. The maximum absolute atomic E-state index is 12.4. The standard InChI is InChI=1S/C16H20N4O3/c17-8-11-9-19(13-6-7-13)16(23)20(15(11)22)10-14(21)18-12-4-2-1-3-5-12/h9,12-13H,1-7,10H2,(H,18,21). The summed E-state index contributed by atoms with van der Waals surface area (Å²) in [5.74, 6) is -0.339. The van der Waals surface area contributed by atoms with Crippen LogP contribution in [0, 0.1) is 11.3 Å². The van der Waals surface area contributed by atoms with Gasteiger partial charge in [0.25, 0.3) is 5.56 Å². The topological polar surface area (TPSA) is 96.9 Å². The molecule has 0 saturated heterocycles. The van der Waals surface area contributed by atoms with Gasteiger partial charge in [-0.3, -0.25) is 14.2 Å². The van der Waals surface area contributed by atoms with E-state index in [0.29, 0.717) is 0 Å². The Kier molecular flexibility index (Phi) is 4.33. The zero-order valence-corrected chi connectivity index (χ0v) is 13.0. The molecule has 1 N–H and O–H groups in total. The largest absolute Gasteiger partial charge is 0.352 e. The summed E-state index contributed by atoms with van der Waals surface area (Å²) in [5.41, 5.74) is -1.29. The van der Waals surface area contributed by atoms with E-state index in [0.717, 1.165) is 43.1 Å². The molecule has 2 fully saturated rings. The summed E-state index contributed by atoms with van der Waals surface area (Å²) < 4.78 is 2.29. The van der Waals surface area contributed by atoms with E-state index >= 15 is 0 Å². The molecule has 1 amide bonds. The van der Waals surface area contributed by atoms with E-state index in [4.69, 9.17) is 5.26 Å². The molecule has 0 aliphatic heterocycles. The van der Waals surface area contributed by atoms with Crippen molar-refractivity contribution in [1.82, 2.24) is 14.5 Å². The maximum Gasteiger partial charge on any atom is 0.331 e. The molecule has 7 heteroatoms. The third-order valence-corrected chi connectivity index (χ3v) is 4.53. The summed E-state index contributed by atoms with van der Waals surface area (Å²) in [4.78, 5) is 36.8. The first-order valence-corrected chi connectivity index (χ1v) is 8.15. The first-order valence-electron chi connectivity index (χ1n) is 8.15. The van der Waals surface area contributed by atoms with E-state index in [2.05, 4.69) is 5.32 Å². The quantitative estimate of drug-likeness (QED) is 0.882. The third-order valence-electron chi connectivity index (χ3n) is 4.53. The van der Waals surface area contributed by atoms with Crippen LogP contribution in [0.15, 0.2) is 15.8 Å². The minimum Gasteiger partial charge on any atom is -0.352 e. The number of nitriles is 1. The summed E-state index contributed by atoms with van der Waals surface area (Å²) in [5, 5.41) is 12.0. The van der Waals surface area contributed by atoms with Crippen LogP contribution in [0.5, 0.6) is 0 Å². The highest BCUT2D eigenvalue weighted by Gasteiger charge is 2.27. The molecule has 3 rings (SSSR count). The van der Waals surface area contributed by atoms with Crippen molar-refractivity contribution in [2.24, 2.45) is 0 Å². The molecule has 2 aliphatic carbocycles. The molecule has 0 spiro atoms. The second-order valence-corrected chi connectivity index (χ2v) is 6.37. The Labute approximate surface area is 133 Å².